The van der Waals surface area contributed by atoms with Gasteiger partial charge in [-0.3, -0.25) is 20.1 Å². The Balaban J connectivity index is 1.27. The molecule has 4 N–H and O–H groups in total. The summed E-state index contributed by atoms with van der Waals surface area (Å²) in [6, 6.07) is 18.4. The van der Waals surface area contributed by atoms with E-state index in [4.69, 9.17) is 14.9 Å². The zero-order valence-corrected chi connectivity index (χ0v) is 33.7. The number of urea groups is 1. The molecule has 1 aliphatic heterocycles. The van der Waals surface area contributed by atoms with Crippen LogP contribution in [0.5, 0.6) is 0 Å². The van der Waals surface area contributed by atoms with Crippen molar-refractivity contribution in [2.45, 2.75) is 83.1 Å². The lowest BCUT2D eigenvalue weighted by molar-refractivity contribution is -0.124. The van der Waals surface area contributed by atoms with Crippen molar-refractivity contribution in [3.05, 3.63) is 99.4 Å². The van der Waals surface area contributed by atoms with E-state index in [1.807, 2.05) is 79.9 Å². The van der Waals surface area contributed by atoms with Crippen molar-refractivity contribution in [1.82, 2.24) is 30.7 Å². The number of hydrogen-bond acceptors (Lipinski definition) is 10. The molecular weight excluding hydrogens is 735 g/mol. The molecule has 4 amide bonds. The smallest absolute Gasteiger partial charge is 0.407 e. The van der Waals surface area contributed by atoms with Gasteiger partial charge in [0.05, 0.1) is 34.7 Å². The molecule has 0 bridgehead atoms. The molecular formula is C41H55N7O5S2. The molecule has 1 unspecified atom stereocenters. The number of nitrogens with zero attached hydrogens (tertiary/aromatic N) is 3. The van der Waals surface area contributed by atoms with E-state index in [2.05, 4.69) is 25.8 Å². The van der Waals surface area contributed by atoms with Gasteiger partial charge in [-0.2, -0.15) is 0 Å². The van der Waals surface area contributed by atoms with E-state index in [1.165, 1.54) is 23.1 Å². The van der Waals surface area contributed by atoms with Crippen molar-refractivity contribution in [1.29, 1.82) is 5.41 Å². The highest BCUT2D eigenvalue weighted by Gasteiger charge is 2.37. The Morgan fingerprint density at radius 2 is 1.62 bits per heavy atom. The molecule has 0 radical (unpaired) electrons. The van der Waals surface area contributed by atoms with Crippen molar-refractivity contribution < 1.29 is 23.9 Å². The van der Waals surface area contributed by atoms with Gasteiger partial charge in [0.15, 0.2) is 0 Å². The molecule has 3 aromatic rings. The standard InChI is InChI=1S/C41H55N7O5S2/c1-29(2)38(42)54-27-32-24-37(32)47(3)40(50)46-36(16-17-48-18-20-52-21-19-48)39(49)44-33(22-30-10-6-4-7-11-30)14-15-34(23-31-12-8-5-9-13-31)45-41(51)53-26-35-25-43-28-55-35/h4-13,25,27-29,33-34,36-37,42H,14-24,26H2,1-3H3,(H,44,49)(H,45,51)(H,46,50)/b32-27+,42-38?/t33-,34-,36+,37?/m1/s1. The maximum atomic E-state index is 14.3. The van der Waals surface area contributed by atoms with Crippen molar-refractivity contribution in [3.8, 4) is 0 Å². The van der Waals surface area contributed by atoms with Gasteiger partial charge < -0.3 is 30.3 Å². The highest BCUT2D eigenvalue weighted by atomic mass is 32.2. The van der Waals surface area contributed by atoms with Gasteiger partial charge in [-0.1, -0.05) is 86.3 Å². The Hall–Kier alpha value is -4.24. The van der Waals surface area contributed by atoms with Crippen molar-refractivity contribution in [2.75, 3.05) is 39.9 Å². The van der Waals surface area contributed by atoms with Gasteiger partial charge in [-0.05, 0) is 60.6 Å². The van der Waals surface area contributed by atoms with Crippen molar-refractivity contribution >= 4 is 46.2 Å². The van der Waals surface area contributed by atoms with Gasteiger partial charge in [0.2, 0.25) is 5.91 Å². The predicted molar refractivity (Wildman–Crippen MR) is 219 cm³/mol. The third-order valence-electron chi connectivity index (χ3n) is 9.81. The van der Waals surface area contributed by atoms with Crippen molar-refractivity contribution in [3.63, 3.8) is 0 Å². The Bertz CT molecular complexity index is 1690. The summed E-state index contributed by atoms with van der Waals surface area (Å²) in [5.74, 6) is -0.0847. The molecule has 2 aliphatic rings. The second-order valence-electron chi connectivity index (χ2n) is 14.5. The largest absolute Gasteiger partial charge is 0.444 e. The number of likely N-dealkylation sites (N-methyl/N-ethyl adjacent to an activating group) is 1. The molecule has 2 fully saturated rings. The molecule has 5 rings (SSSR count). The summed E-state index contributed by atoms with van der Waals surface area (Å²) >= 11 is 2.83. The van der Waals surface area contributed by atoms with Gasteiger partial charge in [-0.15, -0.1) is 11.3 Å². The minimum atomic E-state index is -0.759. The summed E-state index contributed by atoms with van der Waals surface area (Å²) in [4.78, 5) is 49.7. The molecule has 0 spiro atoms. The Morgan fingerprint density at radius 1 is 0.982 bits per heavy atom. The lowest BCUT2D eigenvalue weighted by atomic mass is 9.95. The van der Waals surface area contributed by atoms with Gasteiger partial charge in [-0.25, -0.2) is 9.59 Å². The fourth-order valence-corrected chi connectivity index (χ4v) is 7.67. The van der Waals surface area contributed by atoms with E-state index in [9.17, 15) is 14.4 Å². The first-order valence-corrected chi connectivity index (χ1v) is 20.9. The maximum absolute atomic E-state index is 14.3. The monoisotopic (exact) mass is 789 g/mol. The number of aromatic nitrogens is 1. The minimum Gasteiger partial charge on any atom is -0.444 e. The first-order valence-electron chi connectivity index (χ1n) is 19.1. The summed E-state index contributed by atoms with van der Waals surface area (Å²) in [6.45, 7) is 7.62. The summed E-state index contributed by atoms with van der Waals surface area (Å²) in [6.07, 6.45) is 4.73. The zero-order chi connectivity index (χ0) is 39.0. The van der Waals surface area contributed by atoms with E-state index < -0.39 is 12.1 Å². The maximum Gasteiger partial charge on any atom is 0.407 e. The zero-order valence-electron chi connectivity index (χ0n) is 32.1. The fraction of sp³-hybridized carbons (Fsp3) is 0.488. The average Bonchev–Trinajstić information content (AvgIpc) is 3.78. The van der Waals surface area contributed by atoms with E-state index in [0.29, 0.717) is 56.9 Å². The number of thiazole rings is 1. The van der Waals surface area contributed by atoms with Gasteiger partial charge >= 0.3 is 12.1 Å². The summed E-state index contributed by atoms with van der Waals surface area (Å²) in [5.41, 5.74) is 4.97. The van der Waals surface area contributed by atoms with E-state index in [0.717, 1.165) is 41.1 Å². The normalized spacial score (nSPS) is 17.9. The van der Waals surface area contributed by atoms with Crippen LogP contribution >= 0.6 is 23.1 Å². The number of hydrogen-bond donors (Lipinski definition) is 4. The van der Waals surface area contributed by atoms with E-state index >= 15 is 0 Å². The minimum absolute atomic E-state index is 0.0519. The molecule has 1 aromatic heterocycles. The van der Waals surface area contributed by atoms with E-state index in [-0.39, 0.29) is 42.6 Å². The predicted octanol–water partition coefficient (Wildman–Crippen LogP) is 6.24. The quantitative estimate of drug-likeness (QED) is 0.0824. The topological polar surface area (TPSA) is 149 Å². The van der Waals surface area contributed by atoms with Crippen LogP contribution in [0.4, 0.5) is 9.59 Å². The molecule has 2 aromatic carbocycles. The van der Waals surface area contributed by atoms with Crippen LogP contribution in [0.1, 0.15) is 55.5 Å². The van der Waals surface area contributed by atoms with Crippen LogP contribution in [0, 0.1) is 11.3 Å². The summed E-state index contributed by atoms with van der Waals surface area (Å²) in [5, 5.41) is 20.1. The Labute approximate surface area is 333 Å². The summed E-state index contributed by atoms with van der Waals surface area (Å²) < 4.78 is 11.1. The van der Waals surface area contributed by atoms with Gasteiger partial charge in [0, 0.05) is 50.9 Å². The highest BCUT2D eigenvalue weighted by Crippen LogP contribution is 2.36. The third-order valence-corrected chi connectivity index (χ3v) is 11.7. The molecule has 2 heterocycles. The number of carbonyl (C=O) groups is 3. The molecule has 55 heavy (non-hydrogen) atoms. The molecule has 1 saturated heterocycles. The second-order valence-corrected chi connectivity index (χ2v) is 16.3. The number of nitrogens with one attached hydrogen (secondary N) is 4. The number of thioether (sulfide) groups is 1. The van der Waals surface area contributed by atoms with Crippen LogP contribution in [0.25, 0.3) is 0 Å². The SMILES string of the molecule is CC(C)C(=N)S/C=C1\CC1N(C)C(=O)N[C@@H](CCN1CCOCC1)C(=O)N[C@H](CC[C@H](Cc1ccccc1)NC(=O)OCc1cncs1)Cc1ccccc1. The fourth-order valence-electron chi connectivity index (χ4n) is 6.36. The lowest BCUT2D eigenvalue weighted by Crippen LogP contribution is -2.54. The van der Waals surface area contributed by atoms with E-state index in [1.54, 1.807) is 23.7 Å². The second kappa shape index (κ2) is 21.7. The molecule has 1 saturated carbocycles. The number of alkyl carbamates (subject to hydrolysis) is 1. The summed E-state index contributed by atoms with van der Waals surface area (Å²) in [7, 11) is 1.76. The number of ether oxygens (including phenoxy) is 2. The van der Waals surface area contributed by atoms with Crippen LogP contribution in [0.3, 0.4) is 0 Å². The molecule has 4 atom stereocenters. The van der Waals surface area contributed by atoms with Crippen LogP contribution in [0.15, 0.2) is 83.4 Å². The van der Waals surface area contributed by atoms with Crippen molar-refractivity contribution in [2.24, 2.45) is 5.92 Å². The van der Waals surface area contributed by atoms with Gasteiger partial charge in [0.1, 0.15) is 12.6 Å². The molecule has 1 aliphatic carbocycles. The first-order chi connectivity index (χ1) is 26.6. The average molecular weight is 790 g/mol. The Morgan fingerprint density at radius 3 is 2.22 bits per heavy atom. The highest BCUT2D eigenvalue weighted by molar-refractivity contribution is 8.16. The van der Waals surface area contributed by atoms with Crippen LogP contribution in [0.2, 0.25) is 0 Å². The number of morpholine rings is 1. The van der Waals surface area contributed by atoms with Crippen LogP contribution < -0.4 is 16.0 Å². The number of rotatable bonds is 19. The Kier molecular flexibility index (Phi) is 16.6. The van der Waals surface area contributed by atoms with Crippen LogP contribution in [-0.2, 0) is 33.7 Å². The molecule has 14 heteroatoms. The number of benzene rings is 2. The first kappa shape index (κ1) is 41.9. The molecule has 12 nitrogen and oxygen atoms in total. The molecule has 296 valence electrons. The van der Waals surface area contributed by atoms with Gasteiger partial charge in [0.25, 0.3) is 0 Å². The third kappa shape index (κ3) is 14.4. The lowest BCUT2D eigenvalue weighted by Gasteiger charge is -2.30. The number of amides is 4. The number of carbonyl (C=O) groups excluding carboxylic acids is 3. The van der Waals surface area contributed by atoms with Crippen LogP contribution in [-0.4, -0.2) is 102 Å².